The van der Waals surface area contributed by atoms with Crippen LogP contribution in [0.4, 0.5) is 4.39 Å². The molecular weight excluding hydrogens is 435 g/mol. The number of piperidine rings is 1. The van der Waals surface area contributed by atoms with Crippen LogP contribution in [0.5, 0.6) is 5.75 Å². The maximum Gasteiger partial charge on any atom is 0.229 e. The first-order valence-electron chi connectivity index (χ1n) is 11.0. The summed E-state index contributed by atoms with van der Waals surface area (Å²) in [4.78, 5) is 23.9. The highest BCUT2D eigenvalue weighted by Gasteiger charge is 2.33. The van der Waals surface area contributed by atoms with Gasteiger partial charge in [0.2, 0.25) is 5.91 Å². The van der Waals surface area contributed by atoms with Gasteiger partial charge in [0, 0.05) is 12.6 Å². The van der Waals surface area contributed by atoms with Crippen molar-refractivity contribution in [3.63, 3.8) is 0 Å². The monoisotopic (exact) mass is 462 g/mol. The topological polar surface area (TPSA) is 69.0 Å². The Labute approximate surface area is 198 Å². The fourth-order valence-corrected chi connectivity index (χ4v) is 4.11. The summed E-state index contributed by atoms with van der Waals surface area (Å²) in [7, 11) is 3.08. The molecule has 1 unspecified atom stereocenters. The summed E-state index contributed by atoms with van der Waals surface area (Å²) in [5, 5.41) is 4.20. The Morgan fingerprint density at radius 1 is 1.15 bits per heavy atom. The Balaban J connectivity index is 1.70. The molecule has 7 nitrogen and oxygen atoms in total. The van der Waals surface area contributed by atoms with Gasteiger partial charge in [-0.25, -0.2) is 9.37 Å². The van der Waals surface area contributed by atoms with E-state index in [4.69, 9.17) is 9.57 Å². The lowest BCUT2D eigenvalue weighted by atomic mass is 9.96. The maximum atomic E-state index is 13.4. The van der Waals surface area contributed by atoms with Crippen LogP contribution < -0.4 is 4.74 Å². The predicted molar refractivity (Wildman–Crippen MR) is 128 cm³/mol. The van der Waals surface area contributed by atoms with E-state index in [1.54, 1.807) is 30.5 Å². The molecule has 8 heteroatoms. The number of nitrogens with zero attached hydrogens (tertiary/aromatic N) is 4. The van der Waals surface area contributed by atoms with E-state index in [-0.39, 0.29) is 17.8 Å². The largest absolute Gasteiger partial charge is 0.495 e. The molecule has 1 aromatic heterocycles. The third-order valence-corrected chi connectivity index (χ3v) is 5.84. The van der Waals surface area contributed by atoms with Gasteiger partial charge in [0.1, 0.15) is 18.7 Å². The number of amides is 1. The van der Waals surface area contributed by atoms with Crippen LogP contribution in [0.2, 0.25) is 0 Å². The number of methoxy groups -OCH3 is 1. The third-order valence-electron chi connectivity index (χ3n) is 5.84. The number of carbonyl (C=O) groups excluding carboxylic acids is 1. The molecule has 1 amide bonds. The third kappa shape index (κ3) is 4.71. The zero-order valence-electron chi connectivity index (χ0n) is 19.7. The van der Waals surface area contributed by atoms with Gasteiger partial charge in [-0.2, -0.15) is 0 Å². The predicted octanol–water partition coefficient (Wildman–Crippen LogP) is 5.06. The molecule has 0 radical (unpaired) electrons. The minimum absolute atomic E-state index is 0.0619. The SMILES string of the molecule is CO/N=C1\C(=C\c2ccc(-n3cnc(C)c3)c(OC)c2)CCC(=O)N1C(C)c1ccc(F)cc1. The number of halogens is 1. The van der Waals surface area contributed by atoms with Gasteiger partial charge >= 0.3 is 0 Å². The van der Waals surface area contributed by atoms with Gasteiger partial charge in [-0.3, -0.25) is 9.69 Å². The van der Waals surface area contributed by atoms with Crippen molar-refractivity contribution >= 4 is 17.8 Å². The normalized spacial score (nSPS) is 17.3. The van der Waals surface area contributed by atoms with Crippen LogP contribution in [0.1, 0.15) is 42.6 Å². The van der Waals surface area contributed by atoms with Crippen molar-refractivity contribution in [2.45, 2.75) is 32.7 Å². The average molecular weight is 463 g/mol. The van der Waals surface area contributed by atoms with Crippen molar-refractivity contribution in [3.05, 3.63) is 83.2 Å². The standard InChI is InChI=1S/C26H27FN4O3/c1-17-15-30(16-28-17)23-11-5-19(14-24(23)33-3)13-21-8-12-25(32)31(26(21)29-34-4)18(2)20-6-9-22(27)10-7-20/h5-7,9-11,13-16,18H,8,12H2,1-4H3/b21-13+,29-26+. The summed E-state index contributed by atoms with van der Waals surface area (Å²) in [6, 6.07) is 11.7. The van der Waals surface area contributed by atoms with Gasteiger partial charge in [-0.05, 0) is 67.3 Å². The fraction of sp³-hybridized carbons (Fsp3) is 0.269. The second-order valence-electron chi connectivity index (χ2n) is 8.11. The highest BCUT2D eigenvalue weighted by Crippen LogP contribution is 2.32. The number of likely N-dealkylation sites (tertiary alicyclic amines) is 1. The summed E-state index contributed by atoms with van der Waals surface area (Å²) in [5.74, 6) is 0.757. The molecule has 1 fully saturated rings. The molecule has 1 saturated heterocycles. The van der Waals surface area contributed by atoms with E-state index in [1.807, 2.05) is 48.9 Å². The van der Waals surface area contributed by atoms with Crippen LogP contribution in [-0.2, 0) is 9.63 Å². The fourth-order valence-electron chi connectivity index (χ4n) is 4.11. The first-order valence-corrected chi connectivity index (χ1v) is 11.0. The number of carbonyl (C=O) groups is 1. The van der Waals surface area contributed by atoms with Crippen molar-refractivity contribution in [1.29, 1.82) is 0 Å². The van der Waals surface area contributed by atoms with Crippen LogP contribution in [0.25, 0.3) is 11.8 Å². The number of oxime groups is 1. The average Bonchev–Trinajstić information content (AvgIpc) is 3.27. The van der Waals surface area contributed by atoms with Gasteiger partial charge < -0.3 is 14.1 Å². The van der Waals surface area contributed by atoms with E-state index >= 15 is 0 Å². The highest BCUT2D eigenvalue weighted by molar-refractivity contribution is 6.12. The highest BCUT2D eigenvalue weighted by atomic mass is 19.1. The second kappa shape index (κ2) is 9.91. The molecule has 1 aliphatic rings. The van der Waals surface area contributed by atoms with Gasteiger partial charge in [0.05, 0.1) is 30.9 Å². The number of hydrogen-bond donors (Lipinski definition) is 0. The first kappa shape index (κ1) is 23.2. The molecule has 4 rings (SSSR count). The van der Waals surface area contributed by atoms with E-state index < -0.39 is 0 Å². The minimum atomic E-state index is -0.341. The van der Waals surface area contributed by atoms with Crippen LogP contribution in [0, 0.1) is 12.7 Å². The molecule has 2 aromatic carbocycles. The molecule has 1 atom stereocenters. The van der Waals surface area contributed by atoms with Gasteiger partial charge in [-0.1, -0.05) is 23.4 Å². The Morgan fingerprint density at radius 2 is 1.91 bits per heavy atom. The number of aromatic nitrogens is 2. The first-order chi connectivity index (χ1) is 16.4. The van der Waals surface area contributed by atoms with Crippen molar-refractivity contribution in [2.24, 2.45) is 5.16 Å². The van der Waals surface area contributed by atoms with Crippen molar-refractivity contribution < 1.29 is 18.8 Å². The van der Waals surface area contributed by atoms with Crippen LogP contribution in [0.15, 0.2) is 65.7 Å². The number of hydrogen-bond acceptors (Lipinski definition) is 5. The summed E-state index contributed by atoms with van der Waals surface area (Å²) >= 11 is 0. The van der Waals surface area contributed by atoms with E-state index in [9.17, 15) is 9.18 Å². The van der Waals surface area contributed by atoms with Gasteiger partial charge in [-0.15, -0.1) is 0 Å². The minimum Gasteiger partial charge on any atom is -0.495 e. The molecule has 0 bridgehead atoms. The molecule has 0 N–H and O–H groups in total. The number of ether oxygens (including phenoxy) is 1. The van der Waals surface area contributed by atoms with E-state index in [2.05, 4.69) is 10.1 Å². The number of imidazole rings is 1. The number of benzene rings is 2. The zero-order chi connectivity index (χ0) is 24.2. The Hall–Kier alpha value is -3.94. The molecule has 0 saturated carbocycles. The summed E-state index contributed by atoms with van der Waals surface area (Å²) in [5.41, 5.74) is 4.36. The number of rotatable bonds is 6. The molecule has 176 valence electrons. The van der Waals surface area contributed by atoms with Crippen molar-refractivity contribution in [2.75, 3.05) is 14.2 Å². The summed E-state index contributed by atoms with van der Waals surface area (Å²) < 4.78 is 21.0. The lowest BCUT2D eigenvalue weighted by Gasteiger charge is -2.34. The molecule has 0 spiro atoms. The van der Waals surface area contributed by atoms with Gasteiger partial charge in [0.25, 0.3) is 0 Å². The van der Waals surface area contributed by atoms with E-state index in [0.717, 1.165) is 28.1 Å². The molecule has 34 heavy (non-hydrogen) atoms. The molecular formula is C26H27FN4O3. The van der Waals surface area contributed by atoms with Crippen molar-refractivity contribution in [1.82, 2.24) is 14.5 Å². The van der Waals surface area contributed by atoms with Crippen LogP contribution in [-0.4, -0.2) is 40.4 Å². The quantitative estimate of drug-likeness (QED) is 0.481. The lowest BCUT2D eigenvalue weighted by molar-refractivity contribution is -0.129. The lowest BCUT2D eigenvalue weighted by Crippen LogP contribution is -2.43. The summed E-state index contributed by atoms with van der Waals surface area (Å²) in [6.45, 7) is 3.83. The molecule has 2 heterocycles. The zero-order valence-corrected chi connectivity index (χ0v) is 19.7. The maximum absolute atomic E-state index is 13.4. The Morgan fingerprint density at radius 3 is 2.56 bits per heavy atom. The number of aryl methyl sites for hydroxylation is 1. The van der Waals surface area contributed by atoms with E-state index in [0.29, 0.717) is 24.4 Å². The van der Waals surface area contributed by atoms with Gasteiger partial charge in [0.15, 0.2) is 5.84 Å². The molecule has 3 aromatic rings. The van der Waals surface area contributed by atoms with Crippen molar-refractivity contribution in [3.8, 4) is 11.4 Å². The number of amidine groups is 1. The van der Waals surface area contributed by atoms with E-state index in [1.165, 1.54) is 19.2 Å². The Kier molecular flexibility index (Phi) is 6.77. The molecule has 0 aliphatic carbocycles. The summed E-state index contributed by atoms with van der Waals surface area (Å²) in [6.07, 6.45) is 6.53. The Bertz CT molecular complexity index is 1250. The smallest absolute Gasteiger partial charge is 0.229 e. The van der Waals surface area contributed by atoms with Crippen LogP contribution >= 0.6 is 0 Å². The molecule has 1 aliphatic heterocycles. The second-order valence-corrected chi connectivity index (χ2v) is 8.11. The van der Waals surface area contributed by atoms with Crippen LogP contribution in [0.3, 0.4) is 0 Å².